The average Bonchev–Trinajstić information content (AvgIpc) is 2.87. The summed E-state index contributed by atoms with van der Waals surface area (Å²) >= 11 is 0. The van der Waals surface area contributed by atoms with E-state index in [1.807, 2.05) is 0 Å². The van der Waals surface area contributed by atoms with Gasteiger partial charge in [-0.25, -0.2) is 14.6 Å². The number of carboxylic acid groups (broad SMARTS) is 1. The molecule has 0 aliphatic heterocycles. The predicted octanol–water partition coefficient (Wildman–Crippen LogP) is -0.182. The number of rotatable bonds is 7. The molecule has 0 spiro atoms. The summed E-state index contributed by atoms with van der Waals surface area (Å²) in [5, 5.41) is 20.7. The third-order valence-electron chi connectivity index (χ3n) is 2.80. The second-order valence-electron chi connectivity index (χ2n) is 4.68. The molecule has 2 unspecified atom stereocenters. The zero-order valence-electron chi connectivity index (χ0n) is 11.5. The van der Waals surface area contributed by atoms with Gasteiger partial charge in [0.15, 0.2) is 0 Å². The van der Waals surface area contributed by atoms with E-state index in [0.29, 0.717) is 18.7 Å². The summed E-state index contributed by atoms with van der Waals surface area (Å²) in [6.45, 7) is 1.98. The molecule has 1 rings (SSSR count). The van der Waals surface area contributed by atoms with Gasteiger partial charge in [0.05, 0.1) is 12.4 Å². The summed E-state index contributed by atoms with van der Waals surface area (Å²) in [7, 11) is 1.55. The van der Waals surface area contributed by atoms with Gasteiger partial charge in [0.25, 0.3) is 0 Å². The summed E-state index contributed by atoms with van der Waals surface area (Å²) in [6.07, 6.45) is 3.02. The molecule has 4 N–H and O–H groups in total. The van der Waals surface area contributed by atoms with Gasteiger partial charge in [0.1, 0.15) is 6.04 Å². The summed E-state index contributed by atoms with van der Waals surface area (Å²) < 4.78 is 0. The van der Waals surface area contributed by atoms with Crippen molar-refractivity contribution in [2.24, 2.45) is 0 Å². The van der Waals surface area contributed by atoms with E-state index in [-0.39, 0.29) is 6.42 Å². The van der Waals surface area contributed by atoms with Crippen LogP contribution in [0.3, 0.4) is 0 Å². The molecule has 0 saturated carbocycles. The number of aliphatic hydroxyl groups excluding tert-OH is 1. The van der Waals surface area contributed by atoms with Crippen LogP contribution in [0.15, 0.2) is 12.5 Å². The quantitative estimate of drug-likeness (QED) is 0.554. The number of carbonyl (C=O) groups is 2. The molecule has 0 aromatic carbocycles. The van der Waals surface area contributed by atoms with Crippen molar-refractivity contribution < 1.29 is 19.8 Å². The van der Waals surface area contributed by atoms with Crippen molar-refractivity contribution in [3.8, 4) is 0 Å². The number of nitrogens with zero attached hydrogens (tertiary/aromatic N) is 2. The molecule has 2 atom stereocenters. The fraction of sp³-hybridized carbons (Fsp3) is 0.583. The van der Waals surface area contributed by atoms with Crippen molar-refractivity contribution in [2.45, 2.75) is 31.9 Å². The summed E-state index contributed by atoms with van der Waals surface area (Å²) in [5.74, 6) is -1.11. The van der Waals surface area contributed by atoms with Crippen molar-refractivity contribution in [3.63, 3.8) is 0 Å². The van der Waals surface area contributed by atoms with Gasteiger partial charge >= 0.3 is 12.0 Å². The van der Waals surface area contributed by atoms with Gasteiger partial charge < -0.3 is 25.4 Å². The molecule has 1 aromatic heterocycles. The number of hydrogen-bond donors (Lipinski definition) is 4. The molecule has 1 aromatic rings. The summed E-state index contributed by atoms with van der Waals surface area (Å²) in [6, 6.07) is -1.52. The fourth-order valence-electron chi connectivity index (χ4n) is 1.56. The summed E-state index contributed by atoms with van der Waals surface area (Å²) in [4.78, 5) is 30.9. The Balaban J connectivity index is 2.52. The third kappa shape index (κ3) is 5.27. The zero-order chi connectivity index (χ0) is 15.1. The lowest BCUT2D eigenvalue weighted by molar-refractivity contribution is -0.139. The minimum atomic E-state index is -1.11. The molecule has 8 heteroatoms. The van der Waals surface area contributed by atoms with Crippen LogP contribution in [0.5, 0.6) is 0 Å². The van der Waals surface area contributed by atoms with Crippen molar-refractivity contribution in [3.05, 3.63) is 18.2 Å². The number of imidazole rings is 1. The third-order valence-corrected chi connectivity index (χ3v) is 2.80. The van der Waals surface area contributed by atoms with Crippen molar-refractivity contribution in [2.75, 3.05) is 13.6 Å². The number of carboxylic acids is 1. The van der Waals surface area contributed by atoms with Crippen LogP contribution in [-0.4, -0.2) is 62.8 Å². The molecular formula is C12H20N4O4. The molecule has 1 heterocycles. The van der Waals surface area contributed by atoms with Crippen molar-refractivity contribution >= 4 is 12.0 Å². The molecule has 112 valence electrons. The molecule has 0 saturated heterocycles. The number of aliphatic hydroxyl groups is 1. The Bertz CT molecular complexity index is 433. The first-order valence-electron chi connectivity index (χ1n) is 6.30. The van der Waals surface area contributed by atoms with E-state index < -0.39 is 24.1 Å². The van der Waals surface area contributed by atoms with Gasteiger partial charge in [-0.05, 0) is 13.3 Å². The van der Waals surface area contributed by atoms with E-state index >= 15 is 0 Å². The Labute approximate surface area is 116 Å². The highest BCUT2D eigenvalue weighted by Gasteiger charge is 2.22. The molecule has 0 radical (unpaired) electrons. The molecule has 0 bridgehead atoms. The van der Waals surface area contributed by atoms with E-state index in [9.17, 15) is 9.59 Å². The van der Waals surface area contributed by atoms with Gasteiger partial charge in [-0.2, -0.15) is 0 Å². The number of aromatic nitrogens is 2. The van der Waals surface area contributed by atoms with Crippen LogP contribution in [0.1, 0.15) is 19.0 Å². The first-order valence-corrected chi connectivity index (χ1v) is 6.30. The molecule has 8 nitrogen and oxygen atoms in total. The average molecular weight is 284 g/mol. The normalized spacial score (nSPS) is 13.6. The van der Waals surface area contributed by atoms with E-state index in [1.54, 1.807) is 14.0 Å². The number of H-pyrrole nitrogens is 1. The largest absolute Gasteiger partial charge is 0.480 e. The van der Waals surface area contributed by atoms with Crippen LogP contribution in [0, 0.1) is 0 Å². The van der Waals surface area contributed by atoms with E-state index in [4.69, 9.17) is 10.2 Å². The Hall–Kier alpha value is -2.09. The number of carbonyl (C=O) groups excluding carboxylic acids is 1. The maximum atomic E-state index is 11.8. The molecule has 20 heavy (non-hydrogen) atoms. The number of hydrogen-bond acceptors (Lipinski definition) is 4. The Morgan fingerprint density at radius 1 is 1.55 bits per heavy atom. The van der Waals surface area contributed by atoms with Crippen LogP contribution < -0.4 is 5.32 Å². The van der Waals surface area contributed by atoms with Crippen LogP contribution in [0.25, 0.3) is 0 Å². The minimum Gasteiger partial charge on any atom is -0.480 e. The smallest absolute Gasteiger partial charge is 0.326 e. The Morgan fingerprint density at radius 3 is 2.75 bits per heavy atom. The topological polar surface area (TPSA) is 119 Å². The van der Waals surface area contributed by atoms with E-state index in [0.717, 1.165) is 0 Å². The maximum absolute atomic E-state index is 11.8. The van der Waals surface area contributed by atoms with Gasteiger partial charge in [-0.1, -0.05) is 0 Å². The lowest BCUT2D eigenvalue weighted by Crippen LogP contribution is -2.48. The first kappa shape index (κ1) is 16.0. The Morgan fingerprint density at radius 2 is 2.25 bits per heavy atom. The predicted molar refractivity (Wildman–Crippen MR) is 71.2 cm³/mol. The van der Waals surface area contributed by atoms with E-state index in [2.05, 4.69) is 15.3 Å². The first-order chi connectivity index (χ1) is 9.40. The number of urea groups is 1. The van der Waals surface area contributed by atoms with Crippen LogP contribution in [0.2, 0.25) is 0 Å². The number of nitrogens with one attached hydrogen (secondary N) is 2. The second kappa shape index (κ2) is 7.49. The SMILES string of the molecule is CC(O)CCN(C)C(=O)NC(Cc1cnc[nH]1)C(=O)O. The number of amides is 2. The highest BCUT2D eigenvalue weighted by atomic mass is 16.4. The molecule has 0 aliphatic rings. The molecule has 0 fully saturated rings. The second-order valence-corrected chi connectivity index (χ2v) is 4.68. The van der Waals surface area contributed by atoms with Crippen LogP contribution in [-0.2, 0) is 11.2 Å². The monoisotopic (exact) mass is 284 g/mol. The van der Waals surface area contributed by atoms with Gasteiger partial charge in [0.2, 0.25) is 0 Å². The summed E-state index contributed by atoms with van der Waals surface area (Å²) in [5.41, 5.74) is 0.629. The highest BCUT2D eigenvalue weighted by Crippen LogP contribution is 2.01. The van der Waals surface area contributed by atoms with Crippen molar-refractivity contribution in [1.29, 1.82) is 0 Å². The lowest BCUT2D eigenvalue weighted by Gasteiger charge is -2.21. The molecule has 2 amide bonds. The number of aromatic amines is 1. The van der Waals surface area contributed by atoms with Gasteiger partial charge in [-0.3, -0.25) is 0 Å². The van der Waals surface area contributed by atoms with Crippen LogP contribution in [0.4, 0.5) is 4.79 Å². The van der Waals surface area contributed by atoms with Gasteiger partial charge in [0, 0.05) is 31.9 Å². The minimum absolute atomic E-state index is 0.130. The van der Waals surface area contributed by atoms with Crippen LogP contribution >= 0.6 is 0 Å². The lowest BCUT2D eigenvalue weighted by atomic mass is 10.1. The zero-order valence-corrected chi connectivity index (χ0v) is 11.5. The van der Waals surface area contributed by atoms with E-state index in [1.165, 1.54) is 17.4 Å². The Kier molecular flexibility index (Phi) is 5.98. The number of aliphatic carboxylic acids is 1. The maximum Gasteiger partial charge on any atom is 0.326 e. The molecular weight excluding hydrogens is 264 g/mol. The molecule has 0 aliphatic carbocycles. The standard InChI is InChI=1S/C12H20N4O4/c1-8(17)3-4-16(2)12(20)15-10(11(18)19)5-9-6-13-7-14-9/h6-8,10,17H,3-5H2,1-2H3,(H,13,14)(H,15,20)(H,18,19). The fourth-order valence-corrected chi connectivity index (χ4v) is 1.56. The highest BCUT2D eigenvalue weighted by molar-refractivity contribution is 5.82. The van der Waals surface area contributed by atoms with Crippen molar-refractivity contribution in [1.82, 2.24) is 20.2 Å². The van der Waals surface area contributed by atoms with Gasteiger partial charge in [-0.15, -0.1) is 0 Å².